The van der Waals surface area contributed by atoms with Gasteiger partial charge in [0.15, 0.2) is 0 Å². The van der Waals surface area contributed by atoms with Crippen molar-refractivity contribution < 1.29 is 4.74 Å². The molecule has 0 radical (unpaired) electrons. The first-order valence-electron chi connectivity index (χ1n) is 6.02. The Morgan fingerprint density at radius 3 is 3.05 bits per heavy atom. The molecule has 0 aliphatic carbocycles. The van der Waals surface area contributed by atoms with Crippen LogP contribution in [0.25, 0.3) is 0 Å². The number of fused-ring (bicyclic) bond motifs is 1. The molecular weight excluding hydrogens is 328 g/mol. The Hall–Kier alpha value is -1.26. The van der Waals surface area contributed by atoms with Crippen molar-refractivity contribution in [3.8, 4) is 5.75 Å². The molecule has 1 aliphatic heterocycles. The van der Waals surface area contributed by atoms with Crippen LogP contribution < -0.4 is 10.1 Å². The topological polar surface area (TPSA) is 34.2 Å². The largest absolute Gasteiger partial charge is 0.488 e. The SMILES string of the molecule is Clc1cnc(NCC2Cc3ccccc3O2)c(Br)c1. The van der Waals surface area contributed by atoms with E-state index in [1.54, 1.807) is 6.20 Å². The molecule has 1 aliphatic rings. The van der Waals surface area contributed by atoms with Gasteiger partial charge in [0.05, 0.1) is 16.0 Å². The Morgan fingerprint density at radius 2 is 2.26 bits per heavy atom. The maximum atomic E-state index is 5.86. The summed E-state index contributed by atoms with van der Waals surface area (Å²) in [6.45, 7) is 0.710. The number of halogens is 2. The third-order valence-electron chi connectivity index (χ3n) is 3.02. The van der Waals surface area contributed by atoms with E-state index in [9.17, 15) is 0 Å². The molecule has 1 aromatic carbocycles. The predicted molar refractivity (Wildman–Crippen MR) is 80.0 cm³/mol. The van der Waals surface area contributed by atoms with Gasteiger partial charge in [0.25, 0.3) is 0 Å². The lowest BCUT2D eigenvalue weighted by molar-refractivity contribution is 0.246. The van der Waals surface area contributed by atoms with Crippen molar-refractivity contribution in [2.45, 2.75) is 12.5 Å². The Labute approximate surface area is 125 Å². The summed E-state index contributed by atoms with van der Waals surface area (Å²) in [5, 5.41) is 3.89. The van der Waals surface area contributed by atoms with Crippen molar-refractivity contribution in [1.29, 1.82) is 0 Å². The highest BCUT2D eigenvalue weighted by atomic mass is 79.9. The maximum absolute atomic E-state index is 5.86. The second-order valence-electron chi connectivity index (χ2n) is 4.42. The van der Waals surface area contributed by atoms with Gasteiger partial charge in [-0.3, -0.25) is 0 Å². The minimum absolute atomic E-state index is 0.141. The van der Waals surface area contributed by atoms with Gasteiger partial charge in [-0.05, 0) is 33.6 Å². The molecule has 0 bridgehead atoms. The van der Waals surface area contributed by atoms with Gasteiger partial charge in [0, 0.05) is 12.6 Å². The van der Waals surface area contributed by atoms with Gasteiger partial charge in [-0.1, -0.05) is 29.8 Å². The highest BCUT2D eigenvalue weighted by Crippen LogP contribution is 2.29. The first kappa shape index (κ1) is 12.8. The highest BCUT2D eigenvalue weighted by molar-refractivity contribution is 9.10. The molecule has 0 spiro atoms. The van der Waals surface area contributed by atoms with Crippen molar-refractivity contribution in [2.75, 3.05) is 11.9 Å². The average Bonchev–Trinajstić information content (AvgIpc) is 2.80. The molecular formula is C14H12BrClN2O. The zero-order chi connectivity index (χ0) is 13.2. The van der Waals surface area contributed by atoms with Gasteiger partial charge in [0.2, 0.25) is 0 Å². The molecule has 0 saturated carbocycles. The minimum Gasteiger partial charge on any atom is -0.488 e. The minimum atomic E-state index is 0.141. The number of hydrogen-bond acceptors (Lipinski definition) is 3. The lowest BCUT2D eigenvalue weighted by Crippen LogP contribution is -2.24. The van der Waals surface area contributed by atoms with Gasteiger partial charge < -0.3 is 10.1 Å². The second kappa shape index (κ2) is 5.39. The molecule has 0 saturated heterocycles. The van der Waals surface area contributed by atoms with Crippen molar-refractivity contribution in [3.63, 3.8) is 0 Å². The van der Waals surface area contributed by atoms with Crippen LogP contribution in [0.1, 0.15) is 5.56 Å². The van der Waals surface area contributed by atoms with E-state index in [0.717, 1.165) is 22.5 Å². The van der Waals surface area contributed by atoms with Gasteiger partial charge in [0.1, 0.15) is 17.7 Å². The van der Waals surface area contributed by atoms with E-state index in [1.807, 2.05) is 24.3 Å². The molecule has 2 aromatic rings. The molecule has 1 unspecified atom stereocenters. The lowest BCUT2D eigenvalue weighted by atomic mass is 10.1. The van der Waals surface area contributed by atoms with Crippen LogP contribution in [0, 0.1) is 0 Å². The molecule has 98 valence electrons. The summed E-state index contributed by atoms with van der Waals surface area (Å²) in [4.78, 5) is 4.24. The number of nitrogens with one attached hydrogen (secondary N) is 1. The zero-order valence-electron chi connectivity index (χ0n) is 10.1. The summed E-state index contributed by atoms with van der Waals surface area (Å²) in [5.74, 6) is 1.77. The fourth-order valence-electron chi connectivity index (χ4n) is 2.12. The van der Waals surface area contributed by atoms with E-state index in [1.165, 1.54) is 5.56 Å². The number of pyridine rings is 1. The summed E-state index contributed by atoms with van der Waals surface area (Å²) in [6.07, 6.45) is 2.69. The Kier molecular flexibility index (Phi) is 3.62. The van der Waals surface area contributed by atoms with Crippen LogP contribution in [-0.4, -0.2) is 17.6 Å². The van der Waals surface area contributed by atoms with E-state index in [0.29, 0.717) is 11.6 Å². The summed E-state index contributed by atoms with van der Waals surface area (Å²) in [5.41, 5.74) is 1.26. The molecule has 1 aromatic heterocycles. The summed E-state index contributed by atoms with van der Waals surface area (Å²) in [7, 11) is 0. The van der Waals surface area contributed by atoms with E-state index in [2.05, 4.69) is 32.3 Å². The normalized spacial score (nSPS) is 16.8. The van der Waals surface area contributed by atoms with E-state index < -0.39 is 0 Å². The average molecular weight is 340 g/mol. The number of para-hydroxylation sites is 1. The molecule has 5 heteroatoms. The molecule has 0 amide bonds. The van der Waals surface area contributed by atoms with E-state index in [4.69, 9.17) is 16.3 Å². The summed E-state index contributed by atoms with van der Waals surface area (Å²) in [6, 6.07) is 9.96. The predicted octanol–water partition coefficient (Wildman–Crippen LogP) is 3.91. The fraction of sp³-hybridized carbons (Fsp3) is 0.214. The van der Waals surface area contributed by atoms with Crippen LogP contribution in [0.3, 0.4) is 0 Å². The number of hydrogen-bond donors (Lipinski definition) is 1. The number of benzene rings is 1. The standard InChI is InChI=1S/C14H12BrClN2O/c15-12-6-10(16)7-17-14(12)18-8-11-5-9-3-1-2-4-13(9)19-11/h1-4,6-7,11H,5,8H2,(H,17,18). The second-order valence-corrected chi connectivity index (χ2v) is 5.71. The summed E-state index contributed by atoms with van der Waals surface area (Å²) < 4.78 is 6.72. The van der Waals surface area contributed by atoms with E-state index >= 15 is 0 Å². The van der Waals surface area contributed by atoms with Gasteiger partial charge in [-0.2, -0.15) is 0 Å². The quantitative estimate of drug-likeness (QED) is 0.920. The van der Waals surface area contributed by atoms with Crippen molar-refractivity contribution >= 4 is 33.3 Å². The van der Waals surface area contributed by atoms with Crippen LogP contribution in [0.4, 0.5) is 5.82 Å². The van der Waals surface area contributed by atoms with Crippen molar-refractivity contribution in [3.05, 3.63) is 51.6 Å². The van der Waals surface area contributed by atoms with Crippen LogP contribution in [0.2, 0.25) is 5.02 Å². The fourth-order valence-corrected chi connectivity index (χ4v) is 2.90. The highest BCUT2D eigenvalue weighted by Gasteiger charge is 2.22. The molecule has 1 N–H and O–H groups in total. The number of ether oxygens (including phenoxy) is 1. The molecule has 1 atom stereocenters. The Morgan fingerprint density at radius 1 is 1.42 bits per heavy atom. The Bertz CT molecular complexity index is 581. The lowest BCUT2D eigenvalue weighted by Gasteiger charge is -2.13. The van der Waals surface area contributed by atoms with Gasteiger partial charge >= 0.3 is 0 Å². The van der Waals surface area contributed by atoms with Gasteiger partial charge in [-0.25, -0.2) is 4.98 Å². The third-order valence-corrected chi connectivity index (χ3v) is 3.83. The van der Waals surface area contributed by atoms with Crippen LogP contribution in [0.15, 0.2) is 41.0 Å². The number of aromatic nitrogens is 1. The van der Waals surface area contributed by atoms with Crippen LogP contribution in [0.5, 0.6) is 5.75 Å². The van der Waals surface area contributed by atoms with Crippen LogP contribution >= 0.6 is 27.5 Å². The Balaban J connectivity index is 1.63. The van der Waals surface area contributed by atoms with Crippen molar-refractivity contribution in [2.24, 2.45) is 0 Å². The molecule has 3 nitrogen and oxygen atoms in total. The zero-order valence-corrected chi connectivity index (χ0v) is 12.4. The number of nitrogens with zero attached hydrogens (tertiary/aromatic N) is 1. The molecule has 19 heavy (non-hydrogen) atoms. The first-order valence-corrected chi connectivity index (χ1v) is 7.19. The number of anilines is 1. The maximum Gasteiger partial charge on any atom is 0.140 e. The van der Waals surface area contributed by atoms with Crippen LogP contribution in [-0.2, 0) is 6.42 Å². The molecule has 3 rings (SSSR count). The summed E-state index contributed by atoms with van der Waals surface area (Å²) >= 11 is 9.29. The smallest absolute Gasteiger partial charge is 0.140 e. The number of rotatable bonds is 3. The third kappa shape index (κ3) is 2.85. The first-order chi connectivity index (χ1) is 9.22. The van der Waals surface area contributed by atoms with Crippen molar-refractivity contribution in [1.82, 2.24) is 4.98 Å². The van der Waals surface area contributed by atoms with Gasteiger partial charge in [-0.15, -0.1) is 0 Å². The van der Waals surface area contributed by atoms with E-state index in [-0.39, 0.29) is 6.10 Å². The molecule has 2 heterocycles. The monoisotopic (exact) mass is 338 g/mol. The molecule has 0 fully saturated rings.